The maximum atomic E-state index is 6.34. The van der Waals surface area contributed by atoms with Crippen LogP contribution in [0.5, 0.6) is 0 Å². The summed E-state index contributed by atoms with van der Waals surface area (Å²) in [6.07, 6.45) is 2.51. The molecule has 0 atom stereocenters. The lowest BCUT2D eigenvalue weighted by Crippen LogP contribution is -2.06. The maximum Gasteiger partial charge on any atom is 0.147 e. The number of fused-ring (bicyclic) bond motifs is 3. The number of aromatic nitrogens is 3. The van der Waals surface area contributed by atoms with Gasteiger partial charge in [0.1, 0.15) is 17.0 Å². The number of thiophene rings is 1. The van der Waals surface area contributed by atoms with Crippen molar-refractivity contribution in [2.45, 2.75) is 20.3 Å². The fraction of sp³-hybridized carbons (Fsp3) is 0.400. The molecule has 0 saturated heterocycles. The molecule has 0 aliphatic carbocycles. The Kier molecular flexibility index (Phi) is 4.42. The van der Waals surface area contributed by atoms with Crippen LogP contribution in [0.25, 0.3) is 20.4 Å². The zero-order chi connectivity index (χ0) is 15.7. The number of rotatable bonds is 5. The first-order valence-electron chi connectivity index (χ1n) is 7.06. The van der Waals surface area contributed by atoms with E-state index in [1.165, 1.54) is 0 Å². The van der Waals surface area contributed by atoms with Gasteiger partial charge in [0.15, 0.2) is 0 Å². The van der Waals surface area contributed by atoms with E-state index in [1.54, 1.807) is 24.8 Å². The van der Waals surface area contributed by atoms with E-state index < -0.39 is 0 Å². The minimum absolute atomic E-state index is 0.709. The van der Waals surface area contributed by atoms with Gasteiger partial charge in [0.25, 0.3) is 0 Å². The third-order valence-electron chi connectivity index (χ3n) is 3.56. The molecule has 0 aliphatic rings. The third kappa shape index (κ3) is 2.62. The van der Waals surface area contributed by atoms with Gasteiger partial charge in [-0.1, -0.05) is 11.6 Å². The number of halogens is 1. The molecule has 0 unspecified atom stereocenters. The van der Waals surface area contributed by atoms with Gasteiger partial charge in [-0.05, 0) is 25.8 Å². The largest absolute Gasteiger partial charge is 0.385 e. The van der Waals surface area contributed by atoms with E-state index in [4.69, 9.17) is 16.3 Å². The second-order valence-corrected chi connectivity index (χ2v) is 6.47. The Morgan fingerprint density at radius 2 is 2.14 bits per heavy atom. The quantitative estimate of drug-likeness (QED) is 0.715. The molecular formula is C15H17ClN4OS. The van der Waals surface area contributed by atoms with Crippen LogP contribution in [-0.4, -0.2) is 35.2 Å². The first-order valence-corrected chi connectivity index (χ1v) is 8.25. The molecule has 0 spiro atoms. The molecule has 0 aromatic carbocycles. The molecule has 5 nitrogen and oxygen atoms in total. The molecule has 3 rings (SSSR count). The highest BCUT2D eigenvalue weighted by atomic mass is 35.5. The number of pyridine rings is 1. The molecule has 0 amide bonds. The van der Waals surface area contributed by atoms with E-state index in [2.05, 4.69) is 20.3 Å². The number of methoxy groups -OCH3 is 1. The Morgan fingerprint density at radius 1 is 1.32 bits per heavy atom. The number of ether oxygens (including phenoxy) is 1. The molecule has 3 aromatic rings. The highest BCUT2D eigenvalue weighted by molar-refractivity contribution is 7.26. The topological polar surface area (TPSA) is 59.9 Å². The van der Waals surface area contributed by atoms with Crippen molar-refractivity contribution in [3.8, 4) is 0 Å². The third-order valence-corrected chi connectivity index (χ3v) is 5.20. The van der Waals surface area contributed by atoms with Gasteiger partial charge in [-0.3, -0.25) is 0 Å². The van der Waals surface area contributed by atoms with Crippen molar-refractivity contribution < 1.29 is 4.74 Å². The summed E-state index contributed by atoms with van der Waals surface area (Å²) >= 11 is 7.94. The van der Waals surface area contributed by atoms with E-state index >= 15 is 0 Å². The molecule has 22 heavy (non-hydrogen) atoms. The van der Waals surface area contributed by atoms with E-state index in [-0.39, 0.29) is 0 Å². The summed E-state index contributed by atoms with van der Waals surface area (Å²) in [5.74, 6) is 0.845. The van der Waals surface area contributed by atoms with Crippen molar-refractivity contribution >= 4 is 49.2 Å². The van der Waals surface area contributed by atoms with Crippen LogP contribution >= 0.6 is 22.9 Å². The zero-order valence-corrected chi connectivity index (χ0v) is 14.3. The highest BCUT2D eigenvalue weighted by Crippen LogP contribution is 2.39. The summed E-state index contributed by atoms with van der Waals surface area (Å²) in [5.41, 5.74) is 2.79. The van der Waals surface area contributed by atoms with Crippen LogP contribution in [0.15, 0.2) is 6.33 Å². The van der Waals surface area contributed by atoms with E-state index in [9.17, 15) is 0 Å². The van der Waals surface area contributed by atoms with Gasteiger partial charge in [0.2, 0.25) is 0 Å². The molecule has 0 saturated carbocycles. The standard InChI is InChI=1S/C15H17ClN4OS/c1-8-10-12-13(22-15(10)20-9(2)11(8)16)14(19-7-18-12)17-5-4-6-21-3/h7H,4-6H2,1-3H3,(H,17,18,19). The second-order valence-electron chi connectivity index (χ2n) is 5.09. The van der Waals surface area contributed by atoms with Crippen LogP contribution in [-0.2, 0) is 4.74 Å². The van der Waals surface area contributed by atoms with Gasteiger partial charge >= 0.3 is 0 Å². The average Bonchev–Trinajstić information content (AvgIpc) is 2.88. The van der Waals surface area contributed by atoms with E-state index in [1.807, 2.05) is 13.8 Å². The Labute approximate surface area is 137 Å². The van der Waals surface area contributed by atoms with E-state index in [0.29, 0.717) is 5.02 Å². The lowest BCUT2D eigenvalue weighted by Gasteiger charge is -2.05. The Morgan fingerprint density at radius 3 is 2.91 bits per heavy atom. The van der Waals surface area contributed by atoms with Gasteiger partial charge in [-0.25, -0.2) is 15.0 Å². The minimum atomic E-state index is 0.709. The molecule has 3 aromatic heterocycles. The highest BCUT2D eigenvalue weighted by Gasteiger charge is 2.16. The number of aryl methyl sites for hydroxylation is 2. The lowest BCUT2D eigenvalue weighted by molar-refractivity contribution is 0.198. The predicted octanol–water partition coefficient (Wildman–Crippen LogP) is 3.96. The SMILES string of the molecule is COCCCNc1ncnc2c1sc1nc(C)c(Cl)c(C)c12. The normalized spacial score (nSPS) is 11.5. The van der Waals surface area contributed by atoms with Crippen molar-refractivity contribution in [2.75, 3.05) is 25.6 Å². The number of nitrogens with one attached hydrogen (secondary N) is 1. The number of hydrogen-bond donors (Lipinski definition) is 1. The number of anilines is 1. The molecule has 3 heterocycles. The van der Waals surface area contributed by atoms with Crippen LogP contribution in [0.2, 0.25) is 5.02 Å². The maximum absolute atomic E-state index is 6.34. The fourth-order valence-corrected chi connectivity index (χ4v) is 3.78. The van der Waals surface area contributed by atoms with Crippen molar-refractivity contribution in [1.82, 2.24) is 15.0 Å². The predicted molar refractivity (Wildman–Crippen MR) is 92.2 cm³/mol. The summed E-state index contributed by atoms with van der Waals surface area (Å²) in [5, 5.41) is 5.09. The first kappa shape index (κ1) is 15.4. The first-order chi connectivity index (χ1) is 10.6. The van der Waals surface area contributed by atoms with Gasteiger partial charge < -0.3 is 10.1 Å². The van der Waals surface area contributed by atoms with Crippen molar-refractivity contribution in [3.63, 3.8) is 0 Å². The lowest BCUT2D eigenvalue weighted by atomic mass is 10.1. The molecule has 0 aliphatic heterocycles. The number of hydrogen-bond acceptors (Lipinski definition) is 6. The summed E-state index contributed by atoms with van der Waals surface area (Å²) in [6, 6.07) is 0. The summed E-state index contributed by atoms with van der Waals surface area (Å²) in [7, 11) is 1.70. The Balaban J connectivity index is 2.09. The molecule has 0 fully saturated rings. The van der Waals surface area contributed by atoms with Crippen LogP contribution < -0.4 is 5.32 Å². The minimum Gasteiger partial charge on any atom is -0.385 e. The molecule has 1 N–H and O–H groups in total. The smallest absolute Gasteiger partial charge is 0.147 e. The monoisotopic (exact) mass is 336 g/mol. The number of nitrogens with zero attached hydrogens (tertiary/aromatic N) is 3. The molecular weight excluding hydrogens is 320 g/mol. The van der Waals surface area contributed by atoms with Crippen molar-refractivity contribution in [1.29, 1.82) is 0 Å². The fourth-order valence-electron chi connectivity index (χ4n) is 2.45. The van der Waals surface area contributed by atoms with Crippen molar-refractivity contribution in [3.05, 3.63) is 22.6 Å². The van der Waals surface area contributed by atoms with Crippen LogP contribution in [0, 0.1) is 13.8 Å². The summed E-state index contributed by atoms with van der Waals surface area (Å²) in [4.78, 5) is 14.4. The summed E-state index contributed by atoms with van der Waals surface area (Å²) in [6.45, 7) is 5.47. The van der Waals surface area contributed by atoms with E-state index in [0.717, 1.165) is 57.1 Å². The van der Waals surface area contributed by atoms with Gasteiger partial charge in [-0.2, -0.15) is 0 Å². The van der Waals surface area contributed by atoms with Crippen molar-refractivity contribution in [2.24, 2.45) is 0 Å². The van der Waals surface area contributed by atoms with Crippen LogP contribution in [0.1, 0.15) is 17.7 Å². The molecule has 0 bridgehead atoms. The Bertz CT molecular complexity index is 833. The Hall–Kier alpha value is -1.50. The summed E-state index contributed by atoms with van der Waals surface area (Å²) < 4.78 is 6.08. The average molecular weight is 337 g/mol. The zero-order valence-electron chi connectivity index (χ0n) is 12.7. The van der Waals surface area contributed by atoms with Gasteiger partial charge in [0, 0.05) is 25.6 Å². The molecule has 116 valence electrons. The van der Waals surface area contributed by atoms with Gasteiger partial charge in [-0.15, -0.1) is 11.3 Å². The van der Waals surface area contributed by atoms with Crippen LogP contribution in [0.4, 0.5) is 5.82 Å². The molecule has 7 heteroatoms. The molecule has 0 radical (unpaired) electrons. The van der Waals surface area contributed by atoms with Gasteiger partial charge in [0.05, 0.1) is 20.9 Å². The second kappa shape index (κ2) is 6.32. The van der Waals surface area contributed by atoms with Crippen LogP contribution in [0.3, 0.4) is 0 Å².